The predicted molar refractivity (Wildman–Crippen MR) is 82.7 cm³/mol. The molecular weight excluding hydrogens is 272 g/mol. The van der Waals surface area contributed by atoms with Crippen LogP contribution in [0.5, 0.6) is 0 Å². The van der Waals surface area contributed by atoms with E-state index in [4.69, 9.17) is 11.6 Å². The Bertz CT molecular complexity index is 572. The molecule has 0 bridgehead atoms. The van der Waals surface area contributed by atoms with Crippen LogP contribution in [0.3, 0.4) is 0 Å². The molecule has 0 aliphatic carbocycles. The first kappa shape index (κ1) is 13.5. The minimum atomic E-state index is 0.447. The normalized spacial score (nSPS) is 23.1. The summed E-state index contributed by atoms with van der Waals surface area (Å²) in [5.41, 5.74) is 1.95. The summed E-state index contributed by atoms with van der Waals surface area (Å²) < 4.78 is 1.81. The SMILES string of the molecule is CC1CC(Nc2cccc(Cl)c2-n2cccn2)CN1C. The van der Waals surface area contributed by atoms with Crippen molar-refractivity contribution in [2.45, 2.75) is 25.4 Å². The fraction of sp³-hybridized carbons (Fsp3) is 0.400. The van der Waals surface area contributed by atoms with Gasteiger partial charge in [0, 0.05) is 31.0 Å². The zero-order valence-corrected chi connectivity index (χ0v) is 12.5. The van der Waals surface area contributed by atoms with Crippen molar-refractivity contribution in [2.24, 2.45) is 0 Å². The Hall–Kier alpha value is -1.52. The number of aromatic nitrogens is 2. The number of halogens is 1. The highest BCUT2D eigenvalue weighted by atomic mass is 35.5. The Morgan fingerprint density at radius 1 is 1.35 bits per heavy atom. The molecule has 0 spiro atoms. The predicted octanol–water partition coefficient (Wildman–Crippen LogP) is 3.03. The van der Waals surface area contributed by atoms with Crippen molar-refractivity contribution in [3.05, 3.63) is 41.7 Å². The van der Waals surface area contributed by atoms with Crippen molar-refractivity contribution in [1.82, 2.24) is 14.7 Å². The van der Waals surface area contributed by atoms with Crippen molar-refractivity contribution in [2.75, 3.05) is 18.9 Å². The number of hydrogen-bond acceptors (Lipinski definition) is 3. The molecule has 2 aromatic rings. The van der Waals surface area contributed by atoms with Gasteiger partial charge in [-0.3, -0.25) is 0 Å². The summed E-state index contributed by atoms with van der Waals surface area (Å²) >= 11 is 6.35. The van der Waals surface area contributed by atoms with Gasteiger partial charge in [0.2, 0.25) is 0 Å². The summed E-state index contributed by atoms with van der Waals surface area (Å²) in [5, 5.41) is 8.61. The van der Waals surface area contributed by atoms with E-state index in [2.05, 4.69) is 35.4 Å². The molecule has 2 unspecified atom stereocenters. The van der Waals surface area contributed by atoms with Gasteiger partial charge in [-0.25, -0.2) is 4.68 Å². The van der Waals surface area contributed by atoms with Crippen molar-refractivity contribution in [1.29, 1.82) is 0 Å². The van der Waals surface area contributed by atoms with Gasteiger partial charge in [0.25, 0.3) is 0 Å². The molecule has 0 radical (unpaired) electrons. The van der Waals surface area contributed by atoms with Crippen molar-refractivity contribution < 1.29 is 0 Å². The molecule has 0 amide bonds. The molecule has 1 aliphatic rings. The zero-order valence-electron chi connectivity index (χ0n) is 11.8. The van der Waals surface area contributed by atoms with Gasteiger partial charge in [-0.2, -0.15) is 5.10 Å². The first-order valence-electron chi connectivity index (χ1n) is 6.90. The second-order valence-electron chi connectivity index (χ2n) is 5.45. The van der Waals surface area contributed by atoms with Gasteiger partial charge in [-0.15, -0.1) is 0 Å². The van der Waals surface area contributed by atoms with E-state index in [1.807, 2.05) is 29.1 Å². The Morgan fingerprint density at radius 2 is 2.20 bits per heavy atom. The summed E-state index contributed by atoms with van der Waals surface area (Å²) in [4.78, 5) is 2.37. The highest BCUT2D eigenvalue weighted by Crippen LogP contribution is 2.30. The lowest BCUT2D eigenvalue weighted by Crippen LogP contribution is -2.25. The third-order valence-corrected chi connectivity index (χ3v) is 4.27. The smallest absolute Gasteiger partial charge is 0.106 e. The number of likely N-dealkylation sites (tertiary alicyclic amines) is 1. The highest BCUT2D eigenvalue weighted by molar-refractivity contribution is 6.33. The molecule has 2 atom stereocenters. The molecule has 1 aliphatic heterocycles. The van der Waals surface area contributed by atoms with Gasteiger partial charge in [-0.1, -0.05) is 17.7 Å². The minimum Gasteiger partial charge on any atom is -0.379 e. The Balaban J connectivity index is 1.89. The second kappa shape index (κ2) is 5.46. The van der Waals surface area contributed by atoms with Gasteiger partial charge < -0.3 is 10.2 Å². The standard InChI is InChI=1S/C15H19ClN4/c1-11-9-12(10-19(11)2)18-14-6-3-5-13(16)15(14)20-8-4-7-17-20/h3-8,11-12,18H,9-10H2,1-2H3. The van der Waals surface area contributed by atoms with E-state index in [-0.39, 0.29) is 0 Å². The molecule has 1 N–H and O–H groups in total. The van der Waals surface area contributed by atoms with Gasteiger partial charge in [0.05, 0.1) is 10.7 Å². The van der Waals surface area contributed by atoms with Crippen LogP contribution in [0.1, 0.15) is 13.3 Å². The van der Waals surface area contributed by atoms with Crippen molar-refractivity contribution >= 4 is 17.3 Å². The van der Waals surface area contributed by atoms with E-state index in [0.717, 1.165) is 24.3 Å². The molecule has 3 rings (SSSR count). The quantitative estimate of drug-likeness (QED) is 0.943. The van der Waals surface area contributed by atoms with E-state index >= 15 is 0 Å². The number of rotatable bonds is 3. The van der Waals surface area contributed by atoms with Gasteiger partial charge in [0.1, 0.15) is 5.69 Å². The van der Waals surface area contributed by atoms with Gasteiger partial charge in [-0.05, 0) is 38.6 Å². The number of hydrogen-bond donors (Lipinski definition) is 1. The zero-order chi connectivity index (χ0) is 14.1. The van der Waals surface area contributed by atoms with E-state index in [9.17, 15) is 0 Å². The van der Waals surface area contributed by atoms with E-state index in [1.54, 1.807) is 6.20 Å². The maximum absolute atomic E-state index is 6.35. The summed E-state index contributed by atoms with van der Waals surface area (Å²) in [5.74, 6) is 0. The van der Waals surface area contributed by atoms with Crippen LogP contribution in [0.15, 0.2) is 36.7 Å². The summed E-state index contributed by atoms with van der Waals surface area (Å²) in [6.07, 6.45) is 4.82. The molecule has 1 saturated heterocycles. The number of benzene rings is 1. The Kier molecular flexibility index (Phi) is 3.68. The third-order valence-electron chi connectivity index (χ3n) is 3.97. The molecule has 1 aromatic heterocycles. The topological polar surface area (TPSA) is 33.1 Å². The lowest BCUT2D eigenvalue weighted by molar-refractivity contribution is 0.330. The number of nitrogens with zero attached hydrogens (tertiary/aromatic N) is 3. The molecule has 20 heavy (non-hydrogen) atoms. The fourth-order valence-corrected chi connectivity index (χ4v) is 3.05. The minimum absolute atomic E-state index is 0.447. The van der Waals surface area contributed by atoms with E-state index in [0.29, 0.717) is 17.1 Å². The van der Waals surface area contributed by atoms with E-state index in [1.165, 1.54) is 0 Å². The van der Waals surface area contributed by atoms with Crippen LogP contribution < -0.4 is 5.32 Å². The monoisotopic (exact) mass is 290 g/mol. The molecule has 2 heterocycles. The molecule has 0 saturated carbocycles. The van der Waals surface area contributed by atoms with Crippen LogP contribution in [-0.4, -0.2) is 40.4 Å². The molecule has 4 nitrogen and oxygen atoms in total. The van der Waals surface area contributed by atoms with Crippen LogP contribution in [0, 0.1) is 0 Å². The average molecular weight is 291 g/mol. The Labute approximate surface area is 124 Å². The van der Waals surface area contributed by atoms with Crippen LogP contribution in [-0.2, 0) is 0 Å². The number of anilines is 1. The molecule has 106 valence electrons. The summed E-state index contributed by atoms with van der Waals surface area (Å²) in [7, 11) is 2.17. The van der Waals surface area contributed by atoms with Crippen LogP contribution >= 0.6 is 11.6 Å². The highest BCUT2D eigenvalue weighted by Gasteiger charge is 2.26. The van der Waals surface area contributed by atoms with Crippen LogP contribution in [0.2, 0.25) is 5.02 Å². The molecule has 1 fully saturated rings. The fourth-order valence-electron chi connectivity index (χ4n) is 2.78. The van der Waals surface area contributed by atoms with Gasteiger partial charge >= 0.3 is 0 Å². The first-order chi connectivity index (χ1) is 9.65. The number of para-hydroxylation sites is 1. The Morgan fingerprint density at radius 3 is 2.85 bits per heavy atom. The number of likely N-dealkylation sites (N-methyl/N-ethyl adjacent to an activating group) is 1. The summed E-state index contributed by atoms with van der Waals surface area (Å²) in [6.45, 7) is 3.31. The average Bonchev–Trinajstić information content (AvgIpc) is 3.01. The third kappa shape index (κ3) is 2.53. The largest absolute Gasteiger partial charge is 0.379 e. The van der Waals surface area contributed by atoms with Crippen molar-refractivity contribution in [3.63, 3.8) is 0 Å². The lowest BCUT2D eigenvalue weighted by Gasteiger charge is -2.18. The maximum Gasteiger partial charge on any atom is 0.106 e. The summed E-state index contributed by atoms with van der Waals surface area (Å²) in [6, 6.07) is 8.89. The van der Waals surface area contributed by atoms with E-state index < -0.39 is 0 Å². The van der Waals surface area contributed by atoms with Crippen molar-refractivity contribution in [3.8, 4) is 5.69 Å². The molecule has 5 heteroatoms. The molecular formula is C15H19ClN4. The van der Waals surface area contributed by atoms with Crippen LogP contribution in [0.25, 0.3) is 5.69 Å². The lowest BCUT2D eigenvalue weighted by atomic mass is 10.1. The maximum atomic E-state index is 6.35. The number of nitrogens with one attached hydrogen (secondary N) is 1. The van der Waals surface area contributed by atoms with Crippen LogP contribution in [0.4, 0.5) is 5.69 Å². The van der Waals surface area contributed by atoms with Gasteiger partial charge in [0.15, 0.2) is 0 Å². The first-order valence-corrected chi connectivity index (χ1v) is 7.28. The second-order valence-corrected chi connectivity index (χ2v) is 5.86. The molecule has 1 aromatic carbocycles.